The average molecular weight is 230 g/mol. The molecule has 3 N–H and O–H groups in total. The van der Waals surface area contributed by atoms with Crippen molar-refractivity contribution in [3.05, 3.63) is 29.8 Å². The summed E-state index contributed by atoms with van der Waals surface area (Å²) in [6, 6.07) is 7.48. The van der Waals surface area contributed by atoms with Crippen LogP contribution in [0, 0.1) is 17.8 Å². The Morgan fingerprint density at radius 3 is 2.76 bits per heavy atom. The first-order chi connectivity index (χ1) is 8.13. The summed E-state index contributed by atoms with van der Waals surface area (Å²) in [5.41, 5.74) is 6.88. The summed E-state index contributed by atoms with van der Waals surface area (Å²) in [5.74, 6) is 6.09. The van der Waals surface area contributed by atoms with Crippen molar-refractivity contribution in [3.8, 4) is 11.8 Å². The third-order valence-corrected chi connectivity index (χ3v) is 2.12. The standard InChI is InChI=1S/C14H18N2O/c1-11(2)10-14(17)16-13-8-4-3-6-12(13)7-5-9-15/h3-4,6,8,11H,9-10,15H2,1-2H3,(H,16,17). The van der Waals surface area contributed by atoms with Crippen molar-refractivity contribution in [3.63, 3.8) is 0 Å². The zero-order chi connectivity index (χ0) is 12.7. The van der Waals surface area contributed by atoms with Crippen LogP contribution in [0.15, 0.2) is 24.3 Å². The van der Waals surface area contributed by atoms with Crippen LogP contribution in [0.3, 0.4) is 0 Å². The SMILES string of the molecule is CC(C)CC(=O)Nc1ccccc1C#CCN. The van der Waals surface area contributed by atoms with E-state index in [1.54, 1.807) is 0 Å². The highest BCUT2D eigenvalue weighted by molar-refractivity contribution is 5.92. The zero-order valence-electron chi connectivity index (χ0n) is 10.3. The number of nitrogens with one attached hydrogen (secondary N) is 1. The molecular formula is C14H18N2O. The van der Waals surface area contributed by atoms with Crippen LogP contribution in [0.5, 0.6) is 0 Å². The molecule has 1 aromatic carbocycles. The highest BCUT2D eigenvalue weighted by Gasteiger charge is 2.06. The molecule has 1 aromatic rings. The van der Waals surface area contributed by atoms with Gasteiger partial charge >= 0.3 is 0 Å². The van der Waals surface area contributed by atoms with Crippen molar-refractivity contribution >= 4 is 11.6 Å². The van der Waals surface area contributed by atoms with E-state index in [1.807, 2.05) is 38.1 Å². The average Bonchev–Trinajstić information content (AvgIpc) is 2.26. The van der Waals surface area contributed by atoms with Gasteiger partial charge in [-0.1, -0.05) is 37.8 Å². The molecule has 0 aliphatic heterocycles. The second-order valence-electron chi connectivity index (χ2n) is 4.20. The Morgan fingerprint density at radius 2 is 2.12 bits per heavy atom. The Hall–Kier alpha value is -1.79. The lowest BCUT2D eigenvalue weighted by Crippen LogP contribution is -2.14. The largest absolute Gasteiger partial charge is 0.325 e. The van der Waals surface area contributed by atoms with Crippen LogP contribution in [0.25, 0.3) is 0 Å². The third kappa shape index (κ3) is 4.71. The molecule has 0 fully saturated rings. The van der Waals surface area contributed by atoms with E-state index >= 15 is 0 Å². The number of carbonyl (C=O) groups is 1. The van der Waals surface area contributed by atoms with E-state index < -0.39 is 0 Å². The molecule has 17 heavy (non-hydrogen) atoms. The molecule has 3 heteroatoms. The Morgan fingerprint density at radius 1 is 1.41 bits per heavy atom. The normalized spacial score (nSPS) is 9.65. The van der Waals surface area contributed by atoms with Crippen LogP contribution in [0.1, 0.15) is 25.8 Å². The molecule has 0 saturated carbocycles. The molecule has 0 heterocycles. The summed E-state index contributed by atoms with van der Waals surface area (Å²) in [5, 5.41) is 2.87. The molecule has 1 rings (SSSR count). The number of rotatable bonds is 3. The van der Waals surface area contributed by atoms with E-state index in [1.165, 1.54) is 0 Å². The summed E-state index contributed by atoms with van der Waals surface area (Å²) in [6.45, 7) is 4.34. The smallest absolute Gasteiger partial charge is 0.224 e. The summed E-state index contributed by atoms with van der Waals surface area (Å²) in [7, 11) is 0. The topological polar surface area (TPSA) is 55.1 Å². The van der Waals surface area contributed by atoms with Crippen LogP contribution in [0.4, 0.5) is 5.69 Å². The lowest BCUT2D eigenvalue weighted by atomic mass is 10.1. The van der Waals surface area contributed by atoms with Crippen LogP contribution in [-0.4, -0.2) is 12.5 Å². The Kier molecular flexibility index (Phi) is 5.25. The maximum absolute atomic E-state index is 11.7. The zero-order valence-corrected chi connectivity index (χ0v) is 10.3. The molecule has 0 aromatic heterocycles. The molecule has 0 aliphatic carbocycles. The second kappa shape index (κ2) is 6.72. The molecule has 0 aliphatic rings. The van der Waals surface area contributed by atoms with Crippen molar-refractivity contribution in [2.75, 3.05) is 11.9 Å². The minimum Gasteiger partial charge on any atom is -0.325 e. The fraction of sp³-hybridized carbons (Fsp3) is 0.357. The Balaban J connectivity index is 2.80. The quantitative estimate of drug-likeness (QED) is 0.780. The van der Waals surface area contributed by atoms with E-state index in [-0.39, 0.29) is 5.91 Å². The summed E-state index contributed by atoms with van der Waals surface area (Å²) >= 11 is 0. The molecule has 0 unspecified atom stereocenters. The summed E-state index contributed by atoms with van der Waals surface area (Å²) in [4.78, 5) is 11.7. The van der Waals surface area contributed by atoms with Gasteiger partial charge in [-0.15, -0.1) is 0 Å². The van der Waals surface area contributed by atoms with Crippen LogP contribution >= 0.6 is 0 Å². The van der Waals surface area contributed by atoms with E-state index in [0.29, 0.717) is 18.9 Å². The number of amides is 1. The Labute approximate surface area is 102 Å². The van der Waals surface area contributed by atoms with Crippen LogP contribution in [-0.2, 0) is 4.79 Å². The number of carbonyl (C=O) groups excluding carboxylic acids is 1. The first-order valence-corrected chi connectivity index (χ1v) is 5.71. The molecule has 0 spiro atoms. The van der Waals surface area contributed by atoms with Gasteiger partial charge in [-0.05, 0) is 18.1 Å². The molecule has 0 radical (unpaired) electrons. The highest BCUT2D eigenvalue weighted by Crippen LogP contribution is 2.14. The molecule has 0 saturated heterocycles. The van der Waals surface area contributed by atoms with Crippen LogP contribution < -0.4 is 11.1 Å². The molecule has 1 amide bonds. The number of benzene rings is 1. The summed E-state index contributed by atoms with van der Waals surface area (Å²) < 4.78 is 0. The van der Waals surface area contributed by atoms with Gasteiger partial charge in [0.15, 0.2) is 0 Å². The van der Waals surface area contributed by atoms with Gasteiger partial charge in [-0.2, -0.15) is 0 Å². The molecule has 0 bridgehead atoms. The monoisotopic (exact) mass is 230 g/mol. The van der Waals surface area contributed by atoms with Crippen molar-refractivity contribution in [1.82, 2.24) is 0 Å². The van der Waals surface area contributed by atoms with Crippen molar-refractivity contribution in [2.45, 2.75) is 20.3 Å². The lowest BCUT2D eigenvalue weighted by molar-refractivity contribution is -0.116. The molecular weight excluding hydrogens is 212 g/mol. The predicted octanol–water partition coefficient (Wildman–Crippen LogP) is 1.98. The molecule has 3 nitrogen and oxygen atoms in total. The van der Waals surface area contributed by atoms with Gasteiger partial charge in [0.1, 0.15) is 0 Å². The number of hydrogen-bond donors (Lipinski definition) is 2. The number of hydrogen-bond acceptors (Lipinski definition) is 2. The maximum atomic E-state index is 11.7. The minimum atomic E-state index is 0.0157. The van der Waals surface area contributed by atoms with Crippen molar-refractivity contribution in [2.24, 2.45) is 11.7 Å². The molecule has 0 atom stereocenters. The third-order valence-electron chi connectivity index (χ3n) is 2.12. The minimum absolute atomic E-state index is 0.0157. The first-order valence-electron chi connectivity index (χ1n) is 5.71. The van der Waals surface area contributed by atoms with Gasteiger partial charge in [0.05, 0.1) is 12.2 Å². The highest BCUT2D eigenvalue weighted by atomic mass is 16.1. The van der Waals surface area contributed by atoms with Gasteiger partial charge in [0, 0.05) is 12.0 Å². The first kappa shape index (κ1) is 13.3. The van der Waals surface area contributed by atoms with Crippen LogP contribution in [0.2, 0.25) is 0 Å². The lowest BCUT2D eigenvalue weighted by Gasteiger charge is -2.08. The van der Waals surface area contributed by atoms with Gasteiger partial charge in [-0.25, -0.2) is 0 Å². The summed E-state index contributed by atoms with van der Waals surface area (Å²) in [6.07, 6.45) is 0.513. The maximum Gasteiger partial charge on any atom is 0.224 e. The predicted molar refractivity (Wildman–Crippen MR) is 70.5 cm³/mol. The van der Waals surface area contributed by atoms with Crippen molar-refractivity contribution < 1.29 is 4.79 Å². The van der Waals surface area contributed by atoms with Gasteiger partial charge in [0.25, 0.3) is 0 Å². The van der Waals surface area contributed by atoms with E-state index in [9.17, 15) is 4.79 Å². The number of anilines is 1. The second-order valence-corrected chi connectivity index (χ2v) is 4.20. The van der Waals surface area contributed by atoms with E-state index in [0.717, 1.165) is 11.3 Å². The fourth-order valence-corrected chi connectivity index (χ4v) is 1.42. The number of nitrogens with two attached hydrogens (primary N) is 1. The Bertz CT molecular complexity index is 441. The van der Waals surface area contributed by atoms with Gasteiger partial charge in [-0.3, -0.25) is 4.79 Å². The van der Waals surface area contributed by atoms with Gasteiger partial charge < -0.3 is 11.1 Å². The fourth-order valence-electron chi connectivity index (χ4n) is 1.42. The number of para-hydroxylation sites is 1. The van der Waals surface area contributed by atoms with E-state index in [4.69, 9.17) is 5.73 Å². The van der Waals surface area contributed by atoms with E-state index in [2.05, 4.69) is 17.2 Å². The molecule has 90 valence electrons. The van der Waals surface area contributed by atoms with Gasteiger partial charge in [0.2, 0.25) is 5.91 Å². The van der Waals surface area contributed by atoms with Crippen molar-refractivity contribution in [1.29, 1.82) is 0 Å².